The molecule has 1 aliphatic carbocycles. The second kappa shape index (κ2) is 7.05. The first-order valence-electron chi connectivity index (χ1n) is 8.78. The third-order valence-electron chi connectivity index (χ3n) is 5.66. The number of hydrogen-bond acceptors (Lipinski definition) is 4. The van der Waals surface area contributed by atoms with Crippen molar-refractivity contribution in [1.82, 2.24) is 9.62 Å². The Kier molecular flexibility index (Phi) is 5.18. The first-order valence-corrected chi connectivity index (χ1v) is 10.2. The fraction of sp³-hybridized carbons (Fsp3) is 0.611. The Morgan fingerprint density at radius 2 is 1.92 bits per heavy atom. The number of ether oxygens (including phenoxy) is 1. The maximum Gasteiger partial charge on any atom is 0.251 e. The van der Waals surface area contributed by atoms with Crippen molar-refractivity contribution in [3.05, 3.63) is 29.8 Å². The molecule has 0 aromatic heterocycles. The molecule has 1 aromatic rings. The van der Waals surface area contributed by atoms with Crippen molar-refractivity contribution in [2.75, 3.05) is 27.2 Å². The molecule has 6 nitrogen and oxygen atoms in total. The molecule has 2 fully saturated rings. The zero-order valence-corrected chi connectivity index (χ0v) is 15.6. The van der Waals surface area contributed by atoms with Gasteiger partial charge in [-0.2, -0.15) is 4.31 Å². The maximum atomic E-state index is 13.1. The van der Waals surface area contributed by atoms with Crippen LogP contribution in [0, 0.1) is 5.41 Å². The maximum absolute atomic E-state index is 13.1. The molecule has 2 atom stereocenters. The third-order valence-corrected chi connectivity index (χ3v) is 7.52. The third kappa shape index (κ3) is 3.32. The molecule has 1 saturated heterocycles. The molecule has 1 heterocycles. The van der Waals surface area contributed by atoms with Crippen LogP contribution in [0.3, 0.4) is 0 Å². The summed E-state index contributed by atoms with van der Waals surface area (Å²) in [6, 6.07) is 6.14. The molecule has 1 saturated carbocycles. The van der Waals surface area contributed by atoms with Crippen LogP contribution in [0.15, 0.2) is 29.2 Å². The lowest BCUT2D eigenvalue weighted by Gasteiger charge is -2.43. The molecule has 0 unspecified atom stereocenters. The van der Waals surface area contributed by atoms with E-state index < -0.39 is 10.0 Å². The van der Waals surface area contributed by atoms with E-state index in [-0.39, 0.29) is 22.3 Å². The fourth-order valence-corrected chi connectivity index (χ4v) is 5.91. The number of nitrogens with zero attached hydrogens (tertiary/aromatic N) is 1. The summed E-state index contributed by atoms with van der Waals surface area (Å²) in [5.41, 5.74) is 0.397. The summed E-state index contributed by atoms with van der Waals surface area (Å²) in [6.07, 6.45) is 5.13. The quantitative estimate of drug-likeness (QED) is 0.884. The highest BCUT2D eigenvalue weighted by molar-refractivity contribution is 7.89. The van der Waals surface area contributed by atoms with E-state index in [1.807, 2.05) is 0 Å². The monoisotopic (exact) mass is 366 g/mol. The number of amides is 1. The van der Waals surface area contributed by atoms with Crippen LogP contribution in [0.4, 0.5) is 0 Å². The molecule has 1 aromatic carbocycles. The summed E-state index contributed by atoms with van der Waals surface area (Å²) >= 11 is 0. The molecule has 2 aliphatic rings. The number of rotatable bonds is 4. The smallest absolute Gasteiger partial charge is 0.251 e. The molecule has 3 rings (SSSR count). The highest BCUT2D eigenvalue weighted by Gasteiger charge is 2.48. The minimum atomic E-state index is -3.56. The summed E-state index contributed by atoms with van der Waals surface area (Å²) in [6.45, 7) is 1.06. The summed E-state index contributed by atoms with van der Waals surface area (Å²) in [4.78, 5) is 11.9. The summed E-state index contributed by atoms with van der Waals surface area (Å²) in [5.74, 6) is -0.227. The summed E-state index contributed by atoms with van der Waals surface area (Å²) in [5, 5.41) is 2.53. The second-order valence-electron chi connectivity index (χ2n) is 7.02. The van der Waals surface area contributed by atoms with Crippen LogP contribution in [-0.2, 0) is 14.8 Å². The number of piperidine rings is 1. The van der Waals surface area contributed by atoms with E-state index in [2.05, 4.69) is 5.32 Å². The zero-order chi connectivity index (χ0) is 18.1. The van der Waals surface area contributed by atoms with Crippen LogP contribution in [0.25, 0.3) is 0 Å². The van der Waals surface area contributed by atoms with Gasteiger partial charge in [0, 0.05) is 38.2 Å². The van der Waals surface area contributed by atoms with Gasteiger partial charge in [0.05, 0.1) is 11.0 Å². The van der Waals surface area contributed by atoms with Crippen molar-refractivity contribution in [3.63, 3.8) is 0 Å². The standard InChI is InChI=1S/C18H26N2O4S/c1-19-17(21)14-6-8-15(9-7-14)25(22,23)20-12-4-11-18(13-20)10-3-5-16(18)24-2/h6-9,16H,3-5,10-13H2,1-2H3,(H,19,21)/t16-,18-/m1/s1. The molecule has 0 radical (unpaired) electrons. The van der Waals surface area contributed by atoms with Gasteiger partial charge in [0.2, 0.25) is 10.0 Å². The number of methoxy groups -OCH3 is 1. The van der Waals surface area contributed by atoms with E-state index in [1.165, 1.54) is 12.1 Å². The van der Waals surface area contributed by atoms with E-state index in [0.29, 0.717) is 18.7 Å². The zero-order valence-electron chi connectivity index (χ0n) is 14.8. The van der Waals surface area contributed by atoms with Crippen LogP contribution in [0.1, 0.15) is 42.5 Å². The van der Waals surface area contributed by atoms with E-state index >= 15 is 0 Å². The first-order chi connectivity index (χ1) is 11.9. The Labute approximate surface area is 149 Å². The topological polar surface area (TPSA) is 75.7 Å². The molecule has 1 N–H and O–H groups in total. The summed E-state index contributed by atoms with van der Waals surface area (Å²) < 4.78 is 33.4. The average molecular weight is 366 g/mol. The fourth-order valence-electron chi connectivity index (χ4n) is 4.34. The van der Waals surface area contributed by atoms with Gasteiger partial charge in [-0.25, -0.2) is 8.42 Å². The number of carbonyl (C=O) groups excluding carboxylic acids is 1. The van der Waals surface area contributed by atoms with Crippen molar-refractivity contribution < 1.29 is 17.9 Å². The lowest BCUT2D eigenvalue weighted by molar-refractivity contribution is -0.0184. The molecule has 25 heavy (non-hydrogen) atoms. The molecule has 138 valence electrons. The van der Waals surface area contributed by atoms with Crippen LogP contribution in [0.2, 0.25) is 0 Å². The number of nitrogens with one attached hydrogen (secondary N) is 1. The largest absolute Gasteiger partial charge is 0.381 e. The van der Waals surface area contributed by atoms with Crippen molar-refractivity contribution in [2.24, 2.45) is 5.41 Å². The number of hydrogen-bond donors (Lipinski definition) is 1. The lowest BCUT2D eigenvalue weighted by atomic mass is 9.77. The van der Waals surface area contributed by atoms with Gasteiger partial charge in [0.25, 0.3) is 5.91 Å². The normalized spacial score (nSPS) is 27.5. The molecule has 1 spiro atoms. The van der Waals surface area contributed by atoms with Crippen LogP contribution >= 0.6 is 0 Å². The minimum Gasteiger partial charge on any atom is -0.381 e. The Bertz CT molecular complexity index is 732. The molecular formula is C18H26N2O4S. The van der Waals surface area contributed by atoms with Crippen molar-refractivity contribution in [1.29, 1.82) is 0 Å². The number of carbonyl (C=O) groups is 1. The van der Waals surface area contributed by atoms with Crippen LogP contribution in [-0.4, -0.2) is 52.0 Å². The van der Waals surface area contributed by atoms with Gasteiger partial charge in [0.1, 0.15) is 0 Å². The van der Waals surface area contributed by atoms with Crippen molar-refractivity contribution >= 4 is 15.9 Å². The van der Waals surface area contributed by atoms with E-state index in [1.54, 1.807) is 30.6 Å². The molecule has 1 amide bonds. The lowest BCUT2D eigenvalue weighted by Crippen LogP contribution is -2.49. The van der Waals surface area contributed by atoms with Gasteiger partial charge >= 0.3 is 0 Å². The van der Waals surface area contributed by atoms with Crippen molar-refractivity contribution in [3.8, 4) is 0 Å². The van der Waals surface area contributed by atoms with Gasteiger partial charge in [-0.3, -0.25) is 4.79 Å². The van der Waals surface area contributed by atoms with Gasteiger partial charge in [0.15, 0.2) is 0 Å². The van der Waals surface area contributed by atoms with Gasteiger partial charge in [-0.15, -0.1) is 0 Å². The predicted octanol–water partition coefficient (Wildman–Crippen LogP) is 2.02. The van der Waals surface area contributed by atoms with Gasteiger partial charge in [-0.1, -0.05) is 6.42 Å². The van der Waals surface area contributed by atoms with E-state index in [4.69, 9.17) is 4.74 Å². The second-order valence-corrected chi connectivity index (χ2v) is 8.96. The molecule has 0 bridgehead atoms. The van der Waals surface area contributed by atoms with Gasteiger partial charge in [-0.05, 0) is 49.9 Å². The van der Waals surface area contributed by atoms with Gasteiger partial charge < -0.3 is 10.1 Å². The Morgan fingerprint density at radius 3 is 2.56 bits per heavy atom. The Hall–Kier alpha value is -1.44. The molecule has 1 aliphatic heterocycles. The average Bonchev–Trinajstić information content (AvgIpc) is 3.02. The summed E-state index contributed by atoms with van der Waals surface area (Å²) in [7, 11) is -0.286. The first kappa shape index (κ1) is 18.4. The number of benzene rings is 1. The van der Waals surface area contributed by atoms with Crippen LogP contribution < -0.4 is 5.32 Å². The van der Waals surface area contributed by atoms with E-state index in [9.17, 15) is 13.2 Å². The van der Waals surface area contributed by atoms with Crippen molar-refractivity contribution in [2.45, 2.75) is 43.1 Å². The van der Waals surface area contributed by atoms with Crippen LogP contribution in [0.5, 0.6) is 0 Å². The highest BCUT2D eigenvalue weighted by Crippen LogP contribution is 2.47. The molecular weight excluding hydrogens is 340 g/mol. The Morgan fingerprint density at radius 1 is 1.24 bits per heavy atom. The Balaban J connectivity index is 1.83. The SMILES string of the molecule is CNC(=O)c1ccc(S(=O)(=O)N2CCC[C@]3(CCC[C@H]3OC)C2)cc1. The van der Waals surface area contributed by atoms with E-state index in [0.717, 1.165) is 32.1 Å². The highest BCUT2D eigenvalue weighted by atomic mass is 32.2. The number of sulfonamides is 1. The predicted molar refractivity (Wildman–Crippen MR) is 94.9 cm³/mol. The minimum absolute atomic E-state index is 0.0535. The molecule has 7 heteroatoms.